The van der Waals surface area contributed by atoms with Crippen LogP contribution in [0.15, 0.2) is 71.6 Å². The van der Waals surface area contributed by atoms with Gasteiger partial charge in [0, 0.05) is 5.92 Å². The van der Waals surface area contributed by atoms with Gasteiger partial charge in [-0.15, -0.1) is 0 Å². The maximum atomic E-state index is 13.6. The molecular formula is C26H28O2S. The number of benzene rings is 2. The number of allylic oxidation sites excluding steroid dienone is 2. The van der Waals surface area contributed by atoms with Gasteiger partial charge in [0.25, 0.3) is 0 Å². The van der Waals surface area contributed by atoms with E-state index in [1.807, 2.05) is 18.2 Å². The van der Waals surface area contributed by atoms with Crippen molar-refractivity contribution in [1.82, 2.24) is 0 Å². The first-order chi connectivity index (χ1) is 14.0. The number of aryl methyl sites for hydroxylation is 1. The molecule has 0 unspecified atom stereocenters. The number of rotatable bonds is 2. The molecule has 6 rings (SSSR count). The molecule has 2 bridgehead atoms. The van der Waals surface area contributed by atoms with Gasteiger partial charge < -0.3 is 0 Å². The summed E-state index contributed by atoms with van der Waals surface area (Å²) in [5.41, 5.74) is 3.15. The molecule has 2 aromatic rings. The molecule has 0 aromatic heterocycles. The van der Waals surface area contributed by atoms with Crippen molar-refractivity contribution < 1.29 is 8.42 Å². The molecule has 0 N–H and O–H groups in total. The Kier molecular flexibility index (Phi) is 3.62. The van der Waals surface area contributed by atoms with Gasteiger partial charge in [-0.25, -0.2) is 8.42 Å². The van der Waals surface area contributed by atoms with E-state index in [0.29, 0.717) is 16.7 Å². The molecule has 4 aliphatic carbocycles. The van der Waals surface area contributed by atoms with Gasteiger partial charge in [-0.3, -0.25) is 0 Å². The van der Waals surface area contributed by atoms with Crippen LogP contribution in [0.3, 0.4) is 0 Å². The van der Waals surface area contributed by atoms with E-state index in [0.717, 1.165) is 19.3 Å². The van der Waals surface area contributed by atoms with Gasteiger partial charge in [-0.05, 0) is 78.0 Å². The van der Waals surface area contributed by atoms with Crippen LogP contribution in [0.25, 0.3) is 0 Å². The molecule has 2 fully saturated rings. The van der Waals surface area contributed by atoms with Gasteiger partial charge in [0.2, 0.25) is 0 Å². The Morgan fingerprint density at radius 3 is 2.55 bits per heavy atom. The van der Waals surface area contributed by atoms with Crippen LogP contribution in [0.2, 0.25) is 0 Å². The first kappa shape index (κ1) is 17.9. The van der Waals surface area contributed by atoms with Crippen molar-refractivity contribution in [2.24, 2.45) is 22.7 Å². The lowest BCUT2D eigenvalue weighted by Gasteiger charge is -2.55. The zero-order valence-electron chi connectivity index (χ0n) is 16.9. The largest absolute Gasteiger partial charge is 0.223 e. The molecule has 0 radical (unpaired) electrons. The summed E-state index contributed by atoms with van der Waals surface area (Å²) in [6.07, 6.45) is 10.2. The van der Waals surface area contributed by atoms with Crippen LogP contribution in [-0.2, 0) is 16.3 Å². The molecule has 4 aliphatic rings. The highest BCUT2D eigenvalue weighted by Gasteiger charge is 2.70. The van der Waals surface area contributed by atoms with E-state index in [1.165, 1.54) is 24.0 Å². The summed E-state index contributed by atoms with van der Waals surface area (Å²) < 4.78 is 27.3. The predicted molar refractivity (Wildman–Crippen MR) is 115 cm³/mol. The molecular weight excluding hydrogens is 376 g/mol. The van der Waals surface area contributed by atoms with Gasteiger partial charge in [0.1, 0.15) is 0 Å². The molecule has 2 saturated carbocycles. The van der Waals surface area contributed by atoms with E-state index < -0.39 is 9.84 Å². The van der Waals surface area contributed by atoms with Gasteiger partial charge in [0.05, 0.1) is 10.1 Å². The smallest absolute Gasteiger partial charge is 0.181 e. The Balaban J connectivity index is 1.44. The summed E-state index contributed by atoms with van der Waals surface area (Å²) in [6, 6.07) is 18.1. The van der Waals surface area contributed by atoms with E-state index >= 15 is 0 Å². The van der Waals surface area contributed by atoms with Crippen molar-refractivity contribution in [2.45, 2.75) is 55.1 Å². The Labute approximate surface area is 174 Å². The fourth-order valence-corrected chi connectivity index (χ4v) is 9.91. The zero-order valence-corrected chi connectivity index (χ0v) is 17.7. The van der Waals surface area contributed by atoms with Crippen LogP contribution in [0, 0.1) is 22.7 Å². The van der Waals surface area contributed by atoms with Crippen LogP contribution < -0.4 is 0 Å². The van der Waals surface area contributed by atoms with Crippen LogP contribution in [0.1, 0.15) is 49.7 Å². The molecule has 0 aliphatic heterocycles. The third kappa shape index (κ3) is 2.15. The highest BCUT2D eigenvalue weighted by Crippen LogP contribution is 2.74. The summed E-state index contributed by atoms with van der Waals surface area (Å²) in [5.74, 6) is 1.29. The lowest BCUT2D eigenvalue weighted by molar-refractivity contribution is -0.00855. The summed E-state index contributed by atoms with van der Waals surface area (Å²) in [7, 11) is -3.32. The number of hydrogen-bond acceptors (Lipinski definition) is 2. The quantitative estimate of drug-likeness (QED) is 0.615. The highest BCUT2D eigenvalue weighted by molar-refractivity contribution is 7.92. The lowest BCUT2D eigenvalue weighted by Crippen LogP contribution is -2.47. The Morgan fingerprint density at radius 1 is 0.966 bits per heavy atom. The average Bonchev–Trinajstić information content (AvgIpc) is 3.20. The SMILES string of the molecule is C[C@]12CC[C@@H]3c4ccccc4CC[C@H]3[C@@]13C=C[C@@H]2[C@@H](S(=O)(=O)c1ccccc1)C3. The molecule has 0 spiro atoms. The van der Waals surface area contributed by atoms with E-state index in [1.54, 1.807) is 12.1 Å². The number of fused-ring (bicyclic) bond motifs is 3. The first-order valence-corrected chi connectivity index (χ1v) is 12.6. The number of sulfone groups is 1. The molecule has 6 atom stereocenters. The van der Waals surface area contributed by atoms with Gasteiger partial charge >= 0.3 is 0 Å². The van der Waals surface area contributed by atoms with E-state index in [9.17, 15) is 8.42 Å². The second kappa shape index (κ2) is 5.85. The molecule has 3 heteroatoms. The first-order valence-electron chi connectivity index (χ1n) is 11.0. The Morgan fingerprint density at radius 2 is 1.72 bits per heavy atom. The minimum absolute atomic E-state index is 0.0284. The van der Waals surface area contributed by atoms with E-state index in [4.69, 9.17) is 0 Å². The molecule has 150 valence electrons. The van der Waals surface area contributed by atoms with Crippen molar-refractivity contribution in [3.63, 3.8) is 0 Å². The Hall–Kier alpha value is -1.87. The maximum absolute atomic E-state index is 13.6. The predicted octanol–water partition coefficient (Wildman–Crippen LogP) is 5.55. The van der Waals surface area contributed by atoms with Gasteiger partial charge in [-0.1, -0.05) is 61.5 Å². The van der Waals surface area contributed by atoms with Crippen molar-refractivity contribution in [3.8, 4) is 0 Å². The molecule has 2 nitrogen and oxygen atoms in total. The molecule has 29 heavy (non-hydrogen) atoms. The molecule has 0 amide bonds. The van der Waals surface area contributed by atoms with Crippen molar-refractivity contribution in [3.05, 3.63) is 77.9 Å². The van der Waals surface area contributed by atoms with Crippen LogP contribution in [-0.4, -0.2) is 13.7 Å². The minimum Gasteiger partial charge on any atom is -0.223 e. The second-order valence-corrected chi connectivity index (χ2v) is 12.1. The van der Waals surface area contributed by atoms with Crippen LogP contribution >= 0.6 is 0 Å². The number of hydrogen-bond donors (Lipinski definition) is 0. The topological polar surface area (TPSA) is 34.1 Å². The van der Waals surface area contributed by atoms with Crippen LogP contribution in [0.5, 0.6) is 0 Å². The summed E-state index contributed by atoms with van der Waals surface area (Å²) in [5, 5.41) is -0.282. The third-order valence-electron chi connectivity index (χ3n) is 9.11. The highest BCUT2D eigenvalue weighted by atomic mass is 32.2. The lowest BCUT2D eigenvalue weighted by atomic mass is 9.48. The van der Waals surface area contributed by atoms with Crippen molar-refractivity contribution >= 4 is 9.84 Å². The molecule has 2 aromatic carbocycles. The van der Waals surface area contributed by atoms with Crippen molar-refractivity contribution in [2.75, 3.05) is 0 Å². The summed E-state index contributed by atoms with van der Waals surface area (Å²) >= 11 is 0. The molecule has 0 heterocycles. The second-order valence-electron chi connectivity index (χ2n) is 9.93. The summed E-state index contributed by atoms with van der Waals surface area (Å²) in [6.45, 7) is 2.40. The monoisotopic (exact) mass is 404 g/mol. The van der Waals surface area contributed by atoms with E-state index in [2.05, 4.69) is 43.3 Å². The normalized spacial score (nSPS) is 39.6. The maximum Gasteiger partial charge on any atom is 0.181 e. The van der Waals surface area contributed by atoms with Gasteiger partial charge in [-0.2, -0.15) is 0 Å². The molecule has 0 saturated heterocycles. The van der Waals surface area contributed by atoms with Crippen LogP contribution in [0.4, 0.5) is 0 Å². The van der Waals surface area contributed by atoms with Gasteiger partial charge in [0.15, 0.2) is 9.84 Å². The zero-order chi connectivity index (χ0) is 19.9. The third-order valence-corrected chi connectivity index (χ3v) is 11.3. The average molecular weight is 405 g/mol. The standard InChI is InChI=1S/C26H28O2S/c1-25-15-13-21-20-10-6-5-7-18(20)11-12-22(21)26(25)16-14-23(25)24(17-26)29(27,28)19-8-3-2-4-9-19/h2-10,14,16,21-24H,11-13,15,17H2,1H3/t21-,22-,23-,24+,25-,26+/m1/s1. The summed E-state index contributed by atoms with van der Waals surface area (Å²) in [4.78, 5) is 0.494. The fourth-order valence-electron chi connectivity index (χ4n) is 7.75. The Bertz CT molecular complexity index is 1100. The van der Waals surface area contributed by atoms with Crippen molar-refractivity contribution in [1.29, 1.82) is 0 Å². The van der Waals surface area contributed by atoms with E-state index in [-0.39, 0.29) is 22.0 Å². The fraction of sp³-hybridized carbons (Fsp3) is 0.462. The minimum atomic E-state index is -3.32.